The molecule has 3 aromatic rings. The lowest BCUT2D eigenvalue weighted by Gasteiger charge is -2.18. The van der Waals surface area contributed by atoms with Crippen molar-refractivity contribution in [1.29, 1.82) is 0 Å². The zero-order valence-electron chi connectivity index (χ0n) is 13.2. The number of aryl methyl sites for hydroxylation is 1. The van der Waals surface area contributed by atoms with Crippen LogP contribution in [0.2, 0.25) is 0 Å². The lowest BCUT2D eigenvalue weighted by Crippen LogP contribution is -2.16. The van der Waals surface area contributed by atoms with Gasteiger partial charge < -0.3 is 9.94 Å². The summed E-state index contributed by atoms with van der Waals surface area (Å²) in [5, 5.41) is 17.1. The van der Waals surface area contributed by atoms with E-state index in [0.29, 0.717) is 18.7 Å². The molecule has 6 heteroatoms. The molecule has 6 nitrogen and oxygen atoms in total. The van der Waals surface area contributed by atoms with Gasteiger partial charge in [-0.05, 0) is 29.8 Å². The minimum Gasteiger partial charge on any atom is -0.492 e. The van der Waals surface area contributed by atoms with Gasteiger partial charge in [0.05, 0.1) is 12.3 Å². The molecule has 0 bridgehead atoms. The van der Waals surface area contributed by atoms with Crippen molar-refractivity contribution < 1.29 is 9.94 Å². The summed E-state index contributed by atoms with van der Waals surface area (Å²) >= 11 is 0. The highest BCUT2D eigenvalue weighted by molar-refractivity contribution is 6.04. The van der Waals surface area contributed by atoms with Crippen LogP contribution in [0.25, 0.3) is 22.4 Å². The van der Waals surface area contributed by atoms with Gasteiger partial charge in [0.1, 0.15) is 11.4 Å². The molecule has 0 unspecified atom stereocenters. The van der Waals surface area contributed by atoms with Gasteiger partial charge in [0.15, 0.2) is 0 Å². The maximum Gasteiger partial charge on any atom is 0.129 e. The number of rotatable bonds is 2. The van der Waals surface area contributed by atoms with E-state index in [1.807, 2.05) is 43.6 Å². The Hall–Kier alpha value is -3.15. The Balaban J connectivity index is 1.83. The van der Waals surface area contributed by atoms with Crippen molar-refractivity contribution in [3.8, 4) is 28.1 Å². The third-order valence-electron chi connectivity index (χ3n) is 4.10. The zero-order chi connectivity index (χ0) is 16.5. The Labute approximate surface area is 139 Å². The summed E-state index contributed by atoms with van der Waals surface area (Å²) in [4.78, 5) is 4.06. The van der Waals surface area contributed by atoms with Crippen LogP contribution in [0.1, 0.15) is 12.0 Å². The number of fused-ring (bicyclic) bond motifs is 1. The van der Waals surface area contributed by atoms with E-state index < -0.39 is 0 Å². The van der Waals surface area contributed by atoms with Gasteiger partial charge in [-0.3, -0.25) is 9.67 Å². The maximum atomic E-state index is 9.13. The predicted octanol–water partition coefficient (Wildman–Crippen LogP) is 3.11. The van der Waals surface area contributed by atoms with E-state index >= 15 is 0 Å². The quantitative estimate of drug-likeness (QED) is 0.582. The summed E-state index contributed by atoms with van der Waals surface area (Å²) < 4.78 is 7.54. The summed E-state index contributed by atoms with van der Waals surface area (Å²) in [6, 6.07) is 9.79. The van der Waals surface area contributed by atoms with Crippen LogP contribution in [0.3, 0.4) is 0 Å². The summed E-state index contributed by atoms with van der Waals surface area (Å²) in [6.45, 7) is 0.514. The minimum absolute atomic E-state index is 0.514. The molecule has 0 aliphatic carbocycles. The van der Waals surface area contributed by atoms with E-state index in [1.54, 1.807) is 17.1 Å². The SMILES string of the molecule is Cn1cc(-c2ccc3c(c2)OCC/C3=N\O)c(-c2ccncc2)n1. The fourth-order valence-electron chi connectivity index (χ4n) is 2.97. The third-order valence-corrected chi connectivity index (χ3v) is 4.10. The molecule has 4 rings (SSSR count). The molecule has 3 heterocycles. The first-order valence-electron chi connectivity index (χ1n) is 7.69. The average molecular weight is 320 g/mol. The highest BCUT2D eigenvalue weighted by atomic mass is 16.5. The molecular weight excluding hydrogens is 304 g/mol. The first-order valence-corrected chi connectivity index (χ1v) is 7.69. The van der Waals surface area contributed by atoms with Crippen LogP contribution in [-0.4, -0.2) is 32.3 Å². The molecule has 24 heavy (non-hydrogen) atoms. The van der Waals surface area contributed by atoms with Gasteiger partial charge in [0.25, 0.3) is 0 Å². The van der Waals surface area contributed by atoms with Crippen molar-refractivity contribution in [2.45, 2.75) is 6.42 Å². The number of hydrogen-bond acceptors (Lipinski definition) is 5. The van der Waals surface area contributed by atoms with Crippen molar-refractivity contribution in [3.05, 3.63) is 54.5 Å². The molecule has 2 aromatic heterocycles. The van der Waals surface area contributed by atoms with Crippen molar-refractivity contribution in [1.82, 2.24) is 14.8 Å². The molecule has 0 amide bonds. The van der Waals surface area contributed by atoms with Crippen LogP contribution in [0.15, 0.2) is 54.1 Å². The second-order valence-corrected chi connectivity index (χ2v) is 5.66. The normalized spacial score (nSPS) is 15.1. The van der Waals surface area contributed by atoms with Gasteiger partial charge in [-0.25, -0.2) is 0 Å². The Kier molecular flexibility index (Phi) is 3.49. The molecule has 0 saturated carbocycles. The molecule has 1 aliphatic heterocycles. The Bertz CT molecular complexity index is 916. The van der Waals surface area contributed by atoms with E-state index in [1.165, 1.54) is 0 Å². The molecule has 1 aliphatic rings. The number of ether oxygens (including phenoxy) is 1. The first-order chi connectivity index (χ1) is 11.8. The minimum atomic E-state index is 0.514. The van der Waals surface area contributed by atoms with Gasteiger partial charge in [-0.1, -0.05) is 11.2 Å². The Morgan fingerprint density at radius 2 is 1.96 bits per heavy atom. The number of benzene rings is 1. The molecule has 0 radical (unpaired) electrons. The summed E-state index contributed by atoms with van der Waals surface area (Å²) in [6.07, 6.45) is 6.11. The second-order valence-electron chi connectivity index (χ2n) is 5.66. The number of hydrogen-bond donors (Lipinski definition) is 1. The number of aromatic nitrogens is 3. The van der Waals surface area contributed by atoms with Gasteiger partial charge in [-0.2, -0.15) is 5.10 Å². The fraction of sp³-hybridized carbons (Fsp3) is 0.167. The standard InChI is InChI=1S/C18H16N4O2/c1-22-11-15(18(20-22)12-4-7-19-8-5-12)13-2-3-14-16(21-23)6-9-24-17(14)10-13/h2-5,7-8,10-11,23H,6,9H2,1H3/b21-16+. The highest BCUT2D eigenvalue weighted by Crippen LogP contribution is 2.35. The maximum absolute atomic E-state index is 9.13. The number of pyridine rings is 1. The van der Waals surface area contributed by atoms with Crippen LogP contribution < -0.4 is 4.74 Å². The van der Waals surface area contributed by atoms with Crippen LogP contribution in [0, 0.1) is 0 Å². The largest absolute Gasteiger partial charge is 0.492 e. The van der Waals surface area contributed by atoms with Crippen molar-refractivity contribution in [2.75, 3.05) is 6.61 Å². The van der Waals surface area contributed by atoms with E-state index in [2.05, 4.69) is 15.2 Å². The van der Waals surface area contributed by atoms with E-state index in [0.717, 1.165) is 33.7 Å². The Morgan fingerprint density at radius 1 is 1.12 bits per heavy atom. The average Bonchev–Trinajstić information content (AvgIpc) is 3.03. The lowest BCUT2D eigenvalue weighted by molar-refractivity contribution is 0.298. The molecular formula is C18H16N4O2. The van der Waals surface area contributed by atoms with Gasteiger partial charge >= 0.3 is 0 Å². The van der Waals surface area contributed by atoms with E-state index in [4.69, 9.17) is 9.94 Å². The number of nitrogens with zero attached hydrogens (tertiary/aromatic N) is 4. The lowest BCUT2D eigenvalue weighted by atomic mass is 9.97. The predicted molar refractivity (Wildman–Crippen MR) is 90.3 cm³/mol. The smallest absolute Gasteiger partial charge is 0.129 e. The zero-order valence-corrected chi connectivity index (χ0v) is 13.2. The monoisotopic (exact) mass is 320 g/mol. The third kappa shape index (κ3) is 2.42. The summed E-state index contributed by atoms with van der Waals surface area (Å²) in [5.41, 5.74) is 5.42. The molecule has 1 N–H and O–H groups in total. The first kappa shape index (κ1) is 14.4. The second kappa shape index (κ2) is 5.81. The van der Waals surface area contributed by atoms with Crippen molar-refractivity contribution in [3.63, 3.8) is 0 Å². The van der Waals surface area contributed by atoms with E-state index in [-0.39, 0.29) is 0 Å². The van der Waals surface area contributed by atoms with Crippen LogP contribution >= 0.6 is 0 Å². The summed E-state index contributed by atoms with van der Waals surface area (Å²) in [7, 11) is 1.90. The molecule has 120 valence electrons. The van der Waals surface area contributed by atoms with E-state index in [9.17, 15) is 0 Å². The fourth-order valence-corrected chi connectivity index (χ4v) is 2.97. The van der Waals surface area contributed by atoms with Crippen molar-refractivity contribution in [2.24, 2.45) is 12.2 Å². The highest BCUT2D eigenvalue weighted by Gasteiger charge is 2.20. The van der Waals surface area contributed by atoms with Gasteiger partial charge in [0.2, 0.25) is 0 Å². The van der Waals surface area contributed by atoms with Crippen LogP contribution in [0.4, 0.5) is 0 Å². The number of oxime groups is 1. The summed E-state index contributed by atoms with van der Waals surface area (Å²) in [5.74, 6) is 0.732. The van der Waals surface area contributed by atoms with Gasteiger partial charge in [0, 0.05) is 48.7 Å². The van der Waals surface area contributed by atoms with Crippen LogP contribution in [-0.2, 0) is 7.05 Å². The molecule has 0 saturated heterocycles. The molecule has 1 aromatic carbocycles. The topological polar surface area (TPSA) is 72.5 Å². The molecule has 0 atom stereocenters. The van der Waals surface area contributed by atoms with Crippen LogP contribution in [0.5, 0.6) is 5.75 Å². The van der Waals surface area contributed by atoms with Crippen molar-refractivity contribution >= 4 is 5.71 Å². The Morgan fingerprint density at radius 3 is 2.75 bits per heavy atom. The molecule has 0 spiro atoms. The van der Waals surface area contributed by atoms with Gasteiger partial charge in [-0.15, -0.1) is 0 Å². The molecule has 0 fully saturated rings.